The summed E-state index contributed by atoms with van der Waals surface area (Å²) in [7, 11) is 0. The number of carbonyl (C=O) groups excluding carboxylic acids is 1. The number of hydrogen-bond acceptors (Lipinski definition) is 3. The third-order valence-corrected chi connectivity index (χ3v) is 5.11. The molecule has 1 aromatic heterocycles. The lowest BCUT2D eigenvalue weighted by Crippen LogP contribution is -2.35. The number of carbonyl (C=O) groups is 1. The summed E-state index contributed by atoms with van der Waals surface area (Å²) in [6.45, 7) is 3.81. The van der Waals surface area contributed by atoms with E-state index in [4.69, 9.17) is 11.6 Å². The van der Waals surface area contributed by atoms with Crippen LogP contribution in [0, 0.1) is 13.8 Å². The first kappa shape index (κ1) is 17.0. The molecular formula is C18H23ClN4O. The predicted octanol–water partition coefficient (Wildman–Crippen LogP) is 3.99. The zero-order valence-electron chi connectivity index (χ0n) is 14.2. The first-order valence-corrected chi connectivity index (χ1v) is 8.94. The van der Waals surface area contributed by atoms with Gasteiger partial charge >= 0.3 is 0 Å². The van der Waals surface area contributed by atoms with Crippen LogP contribution in [0.3, 0.4) is 0 Å². The zero-order chi connectivity index (χ0) is 17.1. The fourth-order valence-electron chi connectivity index (χ4n) is 3.18. The van der Waals surface area contributed by atoms with E-state index in [-0.39, 0.29) is 11.9 Å². The summed E-state index contributed by atoms with van der Waals surface area (Å²) in [4.78, 5) is 12.6. The molecule has 0 radical (unpaired) electrons. The van der Waals surface area contributed by atoms with Crippen LogP contribution in [0.15, 0.2) is 18.2 Å². The fourth-order valence-corrected chi connectivity index (χ4v) is 3.35. The van der Waals surface area contributed by atoms with E-state index in [0.29, 0.717) is 10.7 Å². The number of benzene rings is 1. The molecule has 0 bridgehead atoms. The lowest BCUT2D eigenvalue weighted by molar-refractivity contribution is 0.0927. The van der Waals surface area contributed by atoms with Crippen molar-refractivity contribution in [2.75, 3.05) is 0 Å². The van der Waals surface area contributed by atoms with Crippen molar-refractivity contribution in [3.63, 3.8) is 0 Å². The summed E-state index contributed by atoms with van der Waals surface area (Å²) in [5.74, 6) is -0.135. The van der Waals surface area contributed by atoms with Crippen LogP contribution in [0.5, 0.6) is 0 Å². The third-order valence-electron chi connectivity index (χ3n) is 4.70. The number of aromatic nitrogens is 3. The van der Waals surface area contributed by atoms with Gasteiger partial charge in [0.2, 0.25) is 0 Å². The van der Waals surface area contributed by atoms with Crippen molar-refractivity contribution >= 4 is 17.5 Å². The van der Waals surface area contributed by atoms with E-state index in [0.717, 1.165) is 29.8 Å². The van der Waals surface area contributed by atoms with E-state index >= 15 is 0 Å². The second-order valence-electron chi connectivity index (χ2n) is 6.53. The zero-order valence-corrected chi connectivity index (χ0v) is 14.9. The molecule has 1 aromatic carbocycles. The van der Waals surface area contributed by atoms with Crippen molar-refractivity contribution in [2.45, 2.75) is 58.4 Å². The summed E-state index contributed by atoms with van der Waals surface area (Å²) in [5.41, 5.74) is 2.92. The van der Waals surface area contributed by atoms with Crippen LogP contribution in [0.2, 0.25) is 5.02 Å². The first-order valence-electron chi connectivity index (χ1n) is 8.56. The highest BCUT2D eigenvalue weighted by Gasteiger charge is 2.21. The number of rotatable bonds is 3. The van der Waals surface area contributed by atoms with Gasteiger partial charge in [-0.15, -0.1) is 5.10 Å². The summed E-state index contributed by atoms with van der Waals surface area (Å²) in [5, 5.41) is 12.0. The Morgan fingerprint density at radius 2 is 1.92 bits per heavy atom. The Bertz CT molecular complexity index is 733. The van der Waals surface area contributed by atoms with Crippen molar-refractivity contribution in [3.05, 3.63) is 40.2 Å². The lowest BCUT2D eigenvalue weighted by atomic mass is 10.1. The van der Waals surface area contributed by atoms with Crippen LogP contribution in [0.4, 0.5) is 0 Å². The molecule has 0 unspecified atom stereocenters. The number of nitrogens with zero attached hydrogens (tertiary/aromatic N) is 3. The quantitative estimate of drug-likeness (QED) is 0.855. The van der Waals surface area contributed by atoms with Gasteiger partial charge in [-0.3, -0.25) is 4.79 Å². The number of nitrogens with one attached hydrogen (secondary N) is 1. The van der Waals surface area contributed by atoms with Crippen molar-refractivity contribution in [1.82, 2.24) is 20.3 Å². The van der Waals surface area contributed by atoms with Gasteiger partial charge in [0.15, 0.2) is 5.69 Å². The molecule has 0 aliphatic heterocycles. The van der Waals surface area contributed by atoms with Gasteiger partial charge in [-0.05, 0) is 44.4 Å². The minimum Gasteiger partial charge on any atom is -0.348 e. The maximum Gasteiger partial charge on any atom is 0.273 e. The number of amides is 1. The van der Waals surface area contributed by atoms with Crippen molar-refractivity contribution < 1.29 is 4.79 Å². The highest BCUT2D eigenvalue weighted by molar-refractivity contribution is 6.31. The van der Waals surface area contributed by atoms with Crippen LogP contribution in [0.1, 0.15) is 60.3 Å². The largest absolute Gasteiger partial charge is 0.348 e. The van der Waals surface area contributed by atoms with Gasteiger partial charge in [-0.25, -0.2) is 4.68 Å². The minimum absolute atomic E-state index is 0.135. The summed E-state index contributed by atoms with van der Waals surface area (Å²) >= 11 is 6.19. The first-order chi connectivity index (χ1) is 11.6. The Hall–Kier alpha value is -1.88. The molecule has 128 valence electrons. The summed E-state index contributed by atoms with van der Waals surface area (Å²) in [6, 6.07) is 5.95. The predicted molar refractivity (Wildman–Crippen MR) is 94.8 cm³/mol. The van der Waals surface area contributed by atoms with E-state index in [2.05, 4.69) is 15.6 Å². The Kier molecular flexibility index (Phi) is 5.19. The normalized spacial score (nSPS) is 16.0. The van der Waals surface area contributed by atoms with E-state index < -0.39 is 0 Å². The molecule has 3 rings (SSSR count). The molecule has 1 N–H and O–H groups in total. The highest BCUT2D eigenvalue weighted by Crippen LogP contribution is 2.21. The second kappa shape index (κ2) is 7.34. The minimum atomic E-state index is -0.135. The Morgan fingerprint density at radius 3 is 2.58 bits per heavy atom. The second-order valence-corrected chi connectivity index (χ2v) is 6.94. The number of halogens is 1. The van der Waals surface area contributed by atoms with E-state index in [9.17, 15) is 4.79 Å². The molecule has 0 spiro atoms. The molecule has 1 aliphatic rings. The maximum atomic E-state index is 12.6. The molecule has 6 heteroatoms. The Balaban J connectivity index is 1.78. The average Bonchev–Trinajstić information content (AvgIpc) is 2.77. The van der Waals surface area contributed by atoms with Crippen LogP contribution in [-0.4, -0.2) is 26.9 Å². The van der Waals surface area contributed by atoms with Crippen LogP contribution in [0.25, 0.3) is 5.69 Å². The highest BCUT2D eigenvalue weighted by atomic mass is 35.5. The summed E-state index contributed by atoms with van der Waals surface area (Å²) < 4.78 is 1.66. The van der Waals surface area contributed by atoms with E-state index in [1.54, 1.807) is 4.68 Å². The van der Waals surface area contributed by atoms with Crippen LogP contribution < -0.4 is 5.32 Å². The number of hydrogen-bond donors (Lipinski definition) is 1. The van der Waals surface area contributed by atoms with Gasteiger partial charge in [0.1, 0.15) is 0 Å². The Labute approximate surface area is 147 Å². The van der Waals surface area contributed by atoms with Crippen molar-refractivity contribution in [3.8, 4) is 5.69 Å². The molecule has 1 heterocycles. The lowest BCUT2D eigenvalue weighted by Gasteiger charge is -2.15. The van der Waals surface area contributed by atoms with Crippen molar-refractivity contribution in [1.29, 1.82) is 0 Å². The van der Waals surface area contributed by atoms with E-state index in [1.165, 1.54) is 25.7 Å². The van der Waals surface area contributed by atoms with E-state index in [1.807, 2.05) is 32.0 Å². The molecule has 5 nitrogen and oxygen atoms in total. The maximum absolute atomic E-state index is 12.6. The molecule has 1 fully saturated rings. The van der Waals surface area contributed by atoms with Gasteiger partial charge in [-0.2, -0.15) is 0 Å². The van der Waals surface area contributed by atoms with Gasteiger partial charge in [0.25, 0.3) is 5.91 Å². The molecular weight excluding hydrogens is 324 g/mol. The monoisotopic (exact) mass is 346 g/mol. The van der Waals surface area contributed by atoms with Gasteiger partial charge in [-0.1, -0.05) is 48.6 Å². The number of aryl methyl sites for hydroxylation is 1. The standard InChI is InChI=1S/C18H23ClN4O/c1-12-9-10-15(11-16(12)19)23-13(2)17(21-22-23)18(24)20-14-7-5-3-4-6-8-14/h9-11,14H,3-8H2,1-2H3,(H,20,24). The molecule has 24 heavy (non-hydrogen) atoms. The fraction of sp³-hybridized carbons (Fsp3) is 0.500. The van der Waals surface area contributed by atoms with Gasteiger partial charge < -0.3 is 5.32 Å². The average molecular weight is 347 g/mol. The Morgan fingerprint density at radius 1 is 1.21 bits per heavy atom. The van der Waals surface area contributed by atoms with Gasteiger partial charge in [0.05, 0.1) is 11.4 Å². The topological polar surface area (TPSA) is 59.8 Å². The SMILES string of the molecule is Cc1ccc(-n2nnc(C(=O)NC3CCCCCC3)c2C)cc1Cl. The third kappa shape index (κ3) is 3.61. The van der Waals surface area contributed by atoms with Crippen LogP contribution >= 0.6 is 11.6 Å². The van der Waals surface area contributed by atoms with Crippen molar-refractivity contribution in [2.24, 2.45) is 0 Å². The summed E-state index contributed by atoms with van der Waals surface area (Å²) in [6.07, 6.45) is 6.97. The molecule has 0 saturated heterocycles. The molecule has 2 aromatic rings. The van der Waals surface area contributed by atoms with Gasteiger partial charge in [0, 0.05) is 11.1 Å². The molecule has 1 aliphatic carbocycles. The molecule has 1 amide bonds. The molecule has 0 atom stereocenters. The van der Waals surface area contributed by atoms with Crippen LogP contribution in [-0.2, 0) is 0 Å². The molecule has 1 saturated carbocycles. The smallest absolute Gasteiger partial charge is 0.273 e.